The monoisotopic (exact) mass is 284 g/mol. The van der Waals surface area contributed by atoms with E-state index in [0.717, 1.165) is 10.4 Å². The van der Waals surface area contributed by atoms with E-state index in [2.05, 4.69) is 16.6 Å². The second-order valence-corrected chi connectivity index (χ2v) is 6.48. The number of nitrogens with zero attached hydrogens (tertiary/aromatic N) is 1. The lowest BCUT2D eigenvalue weighted by atomic mass is 10.3. The Balaban J connectivity index is 2.65. The van der Waals surface area contributed by atoms with Crippen LogP contribution in [0.25, 0.3) is 0 Å². The van der Waals surface area contributed by atoms with Crippen molar-refractivity contribution in [2.75, 3.05) is 6.61 Å². The molecule has 0 saturated heterocycles. The average molecular weight is 284 g/mol. The highest BCUT2D eigenvalue weighted by Gasteiger charge is 2.19. The van der Waals surface area contributed by atoms with E-state index in [1.165, 1.54) is 18.3 Å². The number of hydrogen-bond acceptors (Lipinski definition) is 5. The molecule has 0 aliphatic heterocycles. The third-order valence-corrected chi connectivity index (χ3v) is 4.58. The number of hydrogen-bond donors (Lipinski definition) is 2. The predicted molar refractivity (Wildman–Crippen MR) is 69.1 cm³/mol. The quantitative estimate of drug-likeness (QED) is 0.784. The van der Waals surface area contributed by atoms with E-state index in [-0.39, 0.29) is 13.2 Å². The Morgan fingerprint density at radius 1 is 1.61 bits per heavy atom. The summed E-state index contributed by atoms with van der Waals surface area (Å²) in [5.41, 5.74) is 0.733. The average Bonchev–Trinajstić information content (AvgIpc) is 2.81. The Labute approximate surface area is 110 Å². The topological polar surface area (TPSA) is 90.2 Å². The van der Waals surface area contributed by atoms with E-state index in [4.69, 9.17) is 10.4 Å². The molecule has 0 saturated carbocycles. The van der Waals surface area contributed by atoms with Crippen LogP contribution in [0.1, 0.15) is 17.4 Å². The Bertz CT molecular complexity index is 602. The molecule has 5 nitrogen and oxygen atoms in total. The van der Waals surface area contributed by atoms with Crippen LogP contribution >= 0.6 is 11.3 Å². The van der Waals surface area contributed by atoms with Gasteiger partial charge in [-0.15, -0.1) is 11.3 Å². The summed E-state index contributed by atoms with van der Waals surface area (Å²) in [6, 6.07) is 3.42. The third-order valence-electron chi connectivity index (χ3n) is 2.06. The van der Waals surface area contributed by atoms with Crippen LogP contribution in [0, 0.1) is 23.2 Å². The molecule has 0 fully saturated rings. The fourth-order valence-electron chi connectivity index (χ4n) is 1.05. The van der Waals surface area contributed by atoms with Crippen molar-refractivity contribution in [3.05, 3.63) is 21.9 Å². The minimum Gasteiger partial charge on any atom is -0.384 e. The summed E-state index contributed by atoms with van der Waals surface area (Å²) < 4.78 is 25.4. The SMILES string of the molecule is CC(C#N)S(=O)(=O)NCc1cc(C#CCO)cs1. The second-order valence-electron chi connectivity index (χ2n) is 3.40. The lowest BCUT2D eigenvalue weighted by molar-refractivity contribution is 0.350. The molecule has 1 unspecified atom stereocenters. The van der Waals surface area contributed by atoms with E-state index >= 15 is 0 Å². The zero-order valence-corrected chi connectivity index (χ0v) is 11.3. The van der Waals surface area contributed by atoms with Gasteiger partial charge in [0.2, 0.25) is 10.0 Å². The van der Waals surface area contributed by atoms with Crippen molar-refractivity contribution in [1.29, 1.82) is 5.26 Å². The van der Waals surface area contributed by atoms with Gasteiger partial charge in [0.15, 0.2) is 5.25 Å². The largest absolute Gasteiger partial charge is 0.384 e. The standard InChI is InChI=1S/C11H12N2O3S2/c1-9(6-12)18(15,16)13-7-11-5-10(8-17-11)3-2-4-14/h5,8-9,13-14H,4,7H2,1H3. The molecule has 0 aliphatic carbocycles. The van der Waals surface area contributed by atoms with Crippen LogP contribution in [0.5, 0.6) is 0 Å². The highest BCUT2D eigenvalue weighted by molar-refractivity contribution is 7.90. The highest BCUT2D eigenvalue weighted by Crippen LogP contribution is 2.14. The maximum absolute atomic E-state index is 11.5. The van der Waals surface area contributed by atoms with E-state index in [9.17, 15) is 8.42 Å². The second kappa shape index (κ2) is 6.53. The van der Waals surface area contributed by atoms with Crippen LogP contribution in [-0.2, 0) is 16.6 Å². The smallest absolute Gasteiger partial charge is 0.228 e. The summed E-state index contributed by atoms with van der Waals surface area (Å²) in [6.45, 7) is 1.26. The predicted octanol–water partition coefficient (Wildman–Crippen LogP) is 0.423. The van der Waals surface area contributed by atoms with Gasteiger partial charge < -0.3 is 5.11 Å². The van der Waals surface area contributed by atoms with Crippen molar-refractivity contribution in [2.45, 2.75) is 18.7 Å². The molecular weight excluding hydrogens is 272 g/mol. The summed E-state index contributed by atoms with van der Waals surface area (Å²) >= 11 is 1.37. The molecule has 18 heavy (non-hydrogen) atoms. The van der Waals surface area contributed by atoms with Gasteiger partial charge in [0.05, 0.1) is 6.07 Å². The van der Waals surface area contributed by atoms with Crippen LogP contribution in [0.2, 0.25) is 0 Å². The number of nitriles is 1. The third kappa shape index (κ3) is 4.13. The first kappa shape index (κ1) is 14.7. The number of nitrogens with one attached hydrogen (secondary N) is 1. The zero-order chi connectivity index (χ0) is 13.6. The van der Waals surface area contributed by atoms with Gasteiger partial charge in [-0.25, -0.2) is 13.1 Å². The molecule has 1 heterocycles. The summed E-state index contributed by atoms with van der Waals surface area (Å²) in [5.74, 6) is 5.23. The van der Waals surface area contributed by atoms with Crippen molar-refractivity contribution >= 4 is 21.4 Å². The Morgan fingerprint density at radius 2 is 2.33 bits per heavy atom. The maximum Gasteiger partial charge on any atom is 0.228 e. The lowest BCUT2D eigenvalue weighted by Crippen LogP contribution is -2.30. The summed E-state index contributed by atoms with van der Waals surface area (Å²) in [7, 11) is -3.60. The van der Waals surface area contributed by atoms with Crippen LogP contribution in [0.3, 0.4) is 0 Å². The lowest BCUT2D eigenvalue weighted by Gasteiger charge is -2.05. The molecule has 0 aromatic carbocycles. The van der Waals surface area contributed by atoms with Gasteiger partial charge in [0.1, 0.15) is 6.61 Å². The molecule has 7 heteroatoms. The minimum atomic E-state index is -3.60. The summed E-state index contributed by atoms with van der Waals surface area (Å²) in [5, 5.41) is 17.8. The van der Waals surface area contributed by atoms with E-state index in [0.29, 0.717) is 0 Å². The molecule has 0 amide bonds. The molecule has 1 aromatic heterocycles. The van der Waals surface area contributed by atoms with Crippen molar-refractivity contribution in [3.8, 4) is 17.9 Å². The highest BCUT2D eigenvalue weighted by atomic mass is 32.2. The summed E-state index contributed by atoms with van der Waals surface area (Å²) in [4.78, 5) is 0.797. The van der Waals surface area contributed by atoms with Crippen LogP contribution < -0.4 is 4.72 Å². The minimum absolute atomic E-state index is 0.139. The molecule has 0 spiro atoms. The van der Waals surface area contributed by atoms with Gasteiger partial charge in [-0.2, -0.15) is 5.26 Å². The van der Waals surface area contributed by atoms with Crippen LogP contribution in [0.4, 0.5) is 0 Å². The molecule has 0 bridgehead atoms. The number of sulfonamides is 1. The first-order chi connectivity index (χ1) is 8.49. The van der Waals surface area contributed by atoms with Gasteiger partial charge in [-0.3, -0.25) is 0 Å². The Hall–Kier alpha value is -1.38. The van der Waals surface area contributed by atoms with Gasteiger partial charge in [-0.05, 0) is 13.0 Å². The van der Waals surface area contributed by atoms with Crippen LogP contribution in [-0.4, -0.2) is 25.4 Å². The maximum atomic E-state index is 11.5. The first-order valence-corrected chi connectivity index (χ1v) is 7.47. The van der Waals surface area contributed by atoms with Crippen molar-refractivity contribution in [2.24, 2.45) is 0 Å². The number of aliphatic hydroxyl groups excluding tert-OH is 1. The molecule has 1 atom stereocenters. The normalized spacial score (nSPS) is 12.3. The molecule has 0 aliphatic rings. The van der Waals surface area contributed by atoms with Gasteiger partial charge in [0, 0.05) is 22.4 Å². The number of thiophene rings is 1. The van der Waals surface area contributed by atoms with E-state index < -0.39 is 15.3 Å². The van der Waals surface area contributed by atoms with Crippen LogP contribution in [0.15, 0.2) is 11.4 Å². The van der Waals surface area contributed by atoms with E-state index in [1.807, 2.05) is 0 Å². The number of rotatable bonds is 4. The summed E-state index contributed by atoms with van der Waals surface area (Å²) in [6.07, 6.45) is 0. The van der Waals surface area contributed by atoms with Crippen molar-refractivity contribution < 1.29 is 13.5 Å². The Kier molecular flexibility index (Phi) is 5.32. The molecule has 1 rings (SSSR count). The first-order valence-electron chi connectivity index (χ1n) is 5.05. The Morgan fingerprint density at radius 3 is 2.94 bits per heavy atom. The molecule has 2 N–H and O–H groups in total. The van der Waals surface area contributed by atoms with E-state index in [1.54, 1.807) is 17.5 Å². The van der Waals surface area contributed by atoms with Gasteiger partial charge >= 0.3 is 0 Å². The molecule has 1 aromatic rings. The van der Waals surface area contributed by atoms with Crippen molar-refractivity contribution in [1.82, 2.24) is 4.72 Å². The van der Waals surface area contributed by atoms with Crippen molar-refractivity contribution in [3.63, 3.8) is 0 Å². The fraction of sp³-hybridized carbons (Fsp3) is 0.364. The van der Waals surface area contributed by atoms with Gasteiger partial charge in [0.25, 0.3) is 0 Å². The molecule has 0 radical (unpaired) electrons. The molecular formula is C11H12N2O3S2. The fourth-order valence-corrected chi connectivity index (χ4v) is 2.64. The zero-order valence-electron chi connectivity index (χ0n) is 9.67. The number of aliphatic hydroxyl groups is 1. The molecule has 96 valence electrons. The van der Waals surface area contributed by atoms with Gasteiger partial charge in [-0.1, -0.05) is 11.8 Å².